The van der Waals surface area contributed by atoms with Crippen LogP contribution in [0, 0.1) is 0 Å². The maximum absolute atomic E-state index is 11.1. The maximum Gasteiger partial charge on any atom is 0.330 e. The molecule has 1 rings (SSSR count). The van der Waals surface area contributed by atoms with Crippen LogP contribution in [0.3, 0.4) is 0 Å². The number of ether oxygens (including phenoxy) is 1. The van der Waals surface area contributed by atoms with Crippen LogP contribution in [0.4, 0.5) is 0 Å². The van der Waals surface area contributed by atoms with E-state index >= 15 is 0 Å². The van der Waals surface area contributed by atoms with E-state index in [2.05, 4.69) is 6.58 Å². The van der Waals surface area contributed by atoms with Crippen molar-refractivity contribution in [1.29, 1.82) is 0 Å². The van der Waals surface area contributed by atoms with E-state index in [-0.39, 0.29) is 5.97 Å². The zero-order valence-electron chi connectivity index (χ0n) is 8.85. The van der Waals surface area contributed by atoms with Crippen LogP contribution in [0.1, 0.15) is 12.6 Å². The second-order valence-electron chi connectivity index (χ2n) is 2.96. The Bertz CT molecular complexity index is 363. The quantitative estimate of drug-likeness (QED) is 0.419. The van der Waals surface area contributed by atoms with Gasteiger partial charge in [0.25, 0.3) is 0 Å². The lowest BCUT2D eigenvalue weighted by atomic mass is 10.3. The van der Waals surface area contributed by atoms with E-state index in [1.165, 1.54) is 6.08 Å². The summed E-state index contributed by atoms with van der Waals surface area (Å²) in [7, 11) is 0. The summed E-state index contributed by atoms with van der Waals surface area (Å²) >= 11 is 0. The molecule has 0 aliphatic rings. The van der Waals surface area contributed by atoms with Crippen molar-refractivity contribution in [2.75, 3.05) is 6.61 Å². The van der Waals surface area contributed by atoms with Crippen molar-refractivity contribution in [3.63, 3.8) is 0 Å². The summed E-state index contributed by atoms with van der Waals surface area (Å²) in [6.45, 7) is 6.58. The molecule has 0 N–H and O–H groups in total. The summed E-state index contributed by atoms with van der Waals surface area (Å²) in [4.78, 5) is 11.1. The van der Waals surface area contributed by atoms with E-state index in [1.807, 2.05) is 29.0 Å². The Balaban J connectivity index is 2.66. The van der Waals surface area contributed by atoms with Gasteiger partial charge in [0.2, 0.25) is 0 Å². The number of esters is 1. The highest BCUT2D eigenvalue weighted by Crippen LogP contribution is 2.05. The summed E-state index contributed by atoms with van der Waals surface area (Å²) in [5.41, 5.74) is 0.961. The van der Waals surface area contributed by atoms with Gasteiger partial charge in [-0.3, -0.25) is 0 Å². The van der Waals surface area contributed by atoms with E-state index < -0.39 is 0 Å². The van der Waals surface area contributed by atoms with Crippen LogP contribution < -0.4 is 0 Å². The van der Waals surface area contributed by atoms with Gasteiger partial charge >= 0.3 is 5.97 Å². The second kappa shape index (κ2) is 5.86. The molecule has 0 bridgehead atoms. The van der Waals surface area contributed by atoms with Crippen molar-refractivity contribution in [2.24, 2.45) is 0 Å². The lowest BCUT2D eigenvalue weighted by molar-refractivity contribution is -0.137. The zero-order valence-corrected chi connectivity index (χ0v) is 8.85. The Hall–Kier alpha value is -1.77. The minimum absolute atomic E-state index is 0.316. The average Bonchev–Trinajstić information content (AvgIpc) is 2.64. The standard InChI is InChI=1S/C12H15NO2/c1-3-9-13-10-5-6-11(13)7-8-12(14)15-4-2/h3,5-8,10H,1,4,9H2,2H3/b8-7+. The van der Waals surface area contributed by atoms with Crippen molar-refractivity contribution < 1.29 is 9.53 Å². The monoisotopic (exact) mass is 205 g/mol. The van der Waals surface area contributed by atoms with Crippen molar-refractivity contribution in [3.05, 3.63) is 42.8 Å². The number of hydrogen-bond donors (Lipinski definition) is 0. The molecule has 0 saturated carbocycles. The van der Waals surface area contributed by atoms with Gasteiger partial charge in [0.15, 0.2) is 0 Å². The molecule has 0 atom stereocenters. The van der Waals surface area contributed by atoms with Gasteiger partial charge in [-0.05, 0) is 25.1 Å². The molecule has 1 aromatic heterocycles. The van der Waals surface area contributed by atoms with Crippen molar-refractivity contribution in [3.8, 4) is 0 Å². The Morgan fingerprint density at radius 3 is 3.13 bits per heavy atom. The van der Waals surface area contributed by atoms with E-state index in [9.17, 15) is 4.79 Å². The minimum atomic E-state index is -0.316. The van der Waals surface area contributed by atoms with E-state index in [0.29, 0.717) is 6.61 Å². The third-order valence-corrected chi connectivity index (χ3v) is 1.87. The average molecular weight is 205 g/mol. The van der Waals surface area contributed by atoms with Crippen molar-refractivity contribution >= 4 is 12.0 Å². The smallest absolute Gasteiger partial charge is 0.330 e. The zero-order chi connectivity index (χ0) is 11.1. The highest BCUT2D eigenvalue weighted by atomic mass is 16.5. The van der Waals surface area contributed by atoms with Crippen LogP contribution in [-0.2, 0) is 16.1 Å². The lowest BCUT2D eigenvalue weighted by Crippen LogP contribution is -2.00. The van der Waals surface area contributed by atoms with Gasteiger partial charge in [0, 0.05) is 24.5 Å². The predicted molar refractivity (Wildman–Crippen MR) is 60.3 cm³/mol. The first-order valence-electron chi connectivity index (χ1n) is 4.88. The Labute approximate surface area is 89.7 Å². The SMILES string of the molecule is C=CCn1cccc1/C=C/C(=O)OCC. The highest BCUT2D eigenvalue weighted by Gasteiger charge is 1.97. The second-order valence-corrected chi connectivity index (χ2v) is 2.96. The number of hydrogen-bond acceptors (Lipinski definition) is 2. The highest BCUT2D eigenvalue weighted by molar-refractivity contribution is 5.86. The molecule has 3 heteroatoms. The molecule has 1 aromatic rings. The molecule has 0 unspecified atom stereocenters. The molecule has 0 amide bonds. The third kappa shape index (κ3) is 3.46. The minimum Gasteiger partial charge on any atom is -0.463 e. The molecule has 0 fully saturated rings. The molecule has 1 heterocycles. The number of nitrogens with zero attached hydrogens (tertiary/aromatic N) is 1. The molecular formula is C12H15NO2. The molecule has 0 spiro atoms. The summed E-state index contributed by atoms with van der Waals surface area (Å²) < 4.78 is 6.77. The maximum atomic E-state index is 11.1. The van der Waals surface area contributed by atoms with E-state index in [4.69, 9.17) is 4.74 Å². The van der Waals surface area contributed by atoms with Gasteiger partial charge in [-0.15, -0.1) is 6.58 Å². The molecule has 15 heavy (non-hydrogen) atoms. The van der Waals surface area contributed by atoms with E-state index in [0.717, 1.165) is 12.2 Å². The first kappa shape index (κ1) is 11.3. The van der Waals surface area contributed by atoms with Gasteiger partial charge in [-0.1, -0.05) is 6.08 Å². The third-order valence-electron chi connectivity index (χ3n) is 1.87. The Morgan fingerprint density at radius 2 is 2.47 bits per heavy atom. The van der Waals surface area contributed by atoms with Gasteiger partial charge in [0.1, 0.15) is 0 Å². The summed E-state index contributed by atoms with van der Waals surface area (Å²) in [5.74, 6) is -0.316. The number of aromatic nitrogens is 1. The van der Waals surface area contributed by atoms with Gasteiger partial charge in [-0.2, -0.15) is 0 Å². The topological polar surface area (TPSA) is 31.2 Å². The van der Waals surface area contributed by atoms with Crippen LogP contribution in [-0.4, -0.2) is 17.1 Å². The molecular weight excluding hydrogens is 190 g/mol. The van der Waals surface area contributed by atoms with Gasteiger partial charge in [0.05, 0.1) is 6.61 Å². The Morgan fingerprint density at radius 1 is 1.67 bits per heavy atom. The molecule has 0 saturated heterocycles. The van der Waals surface area contributed by atoms with Crippen LogP contribution in [0.15, 0.2) is 37.1 Å². The number of rotatable bonds is 5. The van der Waals surface area contributed by atoms with Gasteiger partial charge < -0.3 is 9.30 Å². The predicted octanol–water partition coefficient (Wildman–Crippen LogP) is 2.25. The fourth-order valence-corrected chi connectivity index (χ4v) is 1.23. The lowest BCUT2D eigenvalue weighted by Gasteiger charge is -2.01. The molecule has 3 nitrogen and oxygen atoms in total. The fourth-order valence-electron chi connectivity index (χ4n) is 1.23. The van der Waals surface area contributed by atoms with Crippen molar-refractivity contribution in [1.82, 2.24) is 4.57 Å². The van der Waals surface area contributed by atoms with E-state index in [1.54, 1.807) is 13.0 Å². The van der Waals surface area contributed by atoms with Crippen molar-refractivity contribution in [2.45, 2.75) is 13.5 Å². The van der Waals surface area contributed by atoms with Crippen LogP contribution in [0.25, 0.3) is 6.08 Å². The van der Waals surface area contributed by atoms with Crippen LogP contribution in [0.2, 0.25) is 0 Å². The normalized spacial score (nSPS) is 10.5. The van der Waals surface area contributed by atoms with Gasteiger partial charge in [-0.25, -0.2) is 4.79 Å². The first-order chi connectivity index (χ1) is 7.27. The molecule has 80 valence electrons. The summed E-state index contributed by atoms with van der Waals surface area (Å²) in [6.07, 6.45) is 6.91. The first-order valence-corrected chi connectivity index (χ1v) is 4.88. The molecule has 0 radical (unpaired) electrons. The van der Waals surface area contributed by atoms with Crippen LogP contribution >= 0.6 is 0 Å². The molecule has 0 aliphatic heterocycles. The fraction of sp³-hybridized carbons (Fsp3) is 0.250. The molecule has 0 aliphatic carbocycles. The Kier molecular flexibility index (Phi) is 4.41. The number of carbonyl (C=O) groups excluding carboxylic acids is 1. The number of allylic oxidation sites excluding steroid dienone is 1. The summed E-state index contributed by atoms with van der Waals surface area (Å²) in [6, 6.07) is 3.85. The largest absolute Gasteiger partial charge is 0.463 e. The summed E-state index contributed by atoms with van der Waals surface area (Å²) in [5, 5.41) is 0. The van der Waals surface area contributed by atoms with Crippen LogP contribution in [0.5, 0.6) is 0 Å². The molecule has 0 aromatic carbocycles. The number of carbonyl (C=O) groups is 1.